The van der Waals surface area contributed by atoms with E-state index in [0.29, 0.717) is 17.9 Å². The predicted molar refractivity (Wildman–Crippen MR) is 72.9 cm³/mol. The molecule has 1 saturated heterocycles. The van der Waals surface area contributed by atoms with Crippen LogP contribution in [0.5, 0.6) is 5.75 Å². The maximum Gasteiger partial charge on any atom is 0.254 e. The van der Waals surface area contributed by atoms with E-state index in [1.54, 1.807) is 23.1 Å². The van der Waals surface area contributed by atoms with Gasteiger partial charge >= 0.3 is 0 Å². The van der Waals surface area contributed by atoms with E-state index in [2.05, 4.69) is 10.0 Å². The number of benzene rings is 1. The van der Waals surface area contributed by atoms with Gasteiger partial charge in [0, 0.05) is 11.5 Å². The third kappa shape index (κ3) is 2.68. The van der Waals surface area contributed by atoms with Crippen LogP contribution in [0.15, 0.2) is 23.3 Å². The Labute approximate surface area is 116 Å². The van der Waals surface area contributed by atoms with Crippen molar-refractivity contribution >= 4 is 11.6 Å². The van der Waals surface area contributed by atoms with Crippen molar-refractivity contribution in [3.05, 3.63) is 34.2 Å². The second-order valence-corrected chi connectivity index (χ2v) is 4.55. The fourth-order valence-corrected chi connectivity index (χ4v) is 2.40. The standard InChI is InChI=1S/C13H16N4O3/c1-20-10-4-5-12(15-16-14)11(7-10)13(19)17-6-2-3-9(17)8-18/h4-5,7,9,18H,2-3,6,8H2,1H3/t9-/m0/s1. The molecule has 106 valence electrons. The van der Waals surface area contributed by atoms with Crippen LogP contribution in [0.3, 0.4) is 0 Å². The van der Waals surface area contributed by atoms with Gasteiger partial charge in [-0.3, -0.25) is 4.79 Å². The van der Waals surface area contributed by atoms with Gasteiger partial charge < -0.3 is 14.7 Å². The van der Waals surface area contributed by atoms with E-state index in [4.69, 9.17) is 10.3 Å². The lowest BCUT2D eigenvalue weighted by molar-refractivity contribution is 0.0678. The maximum atomic E-state index is 12.6. The summed E-state index contributed by atoms with van der Waals surface area (Å²) in [5.41, 5.74) is 9.14. The minimum Gasteiger partial charge on any atom is -0.497 e. The zero-order chi connectivity index (χ0) is 14.5. The van der Waals surface area contributed by atoms with Gasteiger partial charge in [-0.15, -0.1) is 0 Å². The number of likely N-dealkylation sites (tertiary alicyclic amines) is 1. The summed E-state index contributed by atoms with van der Waals surface area (Å²) in [5.74, 6) is 0.271. The number of nitrogens with zero attached hydrogens (tertiary/aromatic N) is 4. The maximum absolute atomic E-state index is 12.6. The van der Waals surface area contributed by atoms with Crippen molar-refractivity contribution in [2.75, 3.05) is 20.3 Å². The lowest BCUT2D eigenvalue weighted by Gasteiger charge is -2.23. The summed E-state index contributed by atoms with van der Waals surface area (Å²) in [7, 11) is 1.50. The number of carbonyl (C=O) groups excluding carboxylic acids is 1. The fourth-order valence-electron chi connectivity index (χ4n) is 2.40. The van der Waals surface area contributed by atoms with Gasteiger partial charge in [-0.25, -0.2) is 0 Å². The third-order valence-corrected chi connectivity index (χ3v) is 3.44. The molecular weight excluding hydrogens is 260 g/mol. The van der Waals surface area contributed by atoms with E-state index >= 15 is 0 Å². The lowest BCUT2D eigenvalue weighted by Crippen LogP contribution is -2.37. The molecule has 1 aromatic carbocycles. The van der Waals surface area contributed by atoms with Crippen LogP contribution in [0.2, 0.25) is 0 Å². The average molecular weight is 276 g/mol. The molecule has 7 heteroatoms. The van der Waals surface area contributed by atoms with E-state index in [-0.39, 0.29) is 24.2 Å². The van der Waals surface area contributed by atoms with E-state index in [1.165, 1.54) is 7.11 Å². The fraction of sp³-hybridized carbons (Fsp3) is 0.462. The van der Waals surface area contributed by atoms with Crippen LogP contribution in [0.1, 0.15) is 23.2 Å². The van der Waals surface area contributed by atoms with Crippen LogP contribution in [-0.4, -0.2) is 42.2 Å². The first-order valence-corrected chi connectivity index (χ1v) is 6.36. The van der Waals surface area contributed by atoms with Gasteiger partial charge in [0.2, 0.25) is 0 Å². The molecule has 1 aromatic rings. The van der Waals surface area contributed by atoms with Crippen LogP contribution in [0.4, 0.5) is 5.69 Å². The Kier molecular flexibility index (Phi) is 4.45. The predicted octanol–water partition coefficient (Wildman–Crippen LogP) is 2.23. The summed E-state index contributed by atoms with van der Waals surface area (Å²) in [6, 6.07) is 4.57. The first kappa shape index (κ1) is 14.2. The number of hydrogen-bond donors (Lipinski definition) is 1. The molecule has 7 nitrogen and oxygen atoms in total. The van der Waals surface area contributed by atoms with Gasteiger partial charge in [0.15, 0.2) is 0 Å². The minimum absolute atomic E-state index is 0.0629. The molecule has 20 heavy (non-hydrogen) atoms. The molecule has 1 heterocycles. The van der Waals surface area contributed by atoms with Crippen molar-refractivity contribution in [1.29, 1.82) is 0 Å². The van der Waals surface area contributed by atoms with Gasteiger partial charge in [0.1, 0.15) is 5.75 Å². The molecule has 0 unspecified atom stereocenters. The Morgan fingerprint density at radius 1 is 1.65 bits per heavy atom. The Morgan fingerprint density at radius 2 is 2.45 bits per heavy atom. The van der Waals surface area contributed by atoms with Crippen LogP contribution < -0.4 is 4.74 Å². The van der Waals surface area contributed by atoms with Crippen molar-refractivity contribution in [3.63, 3.8) is 0 Å². The smallest absolute Gasteiger partial charge is 0.254 e. The lowest BCUT2D eigenvalue weighted by atomic mass is 10.1. The topological polar surface area (TPSA) is 98.5 Å². The number of aliphatic hydroxyl groups excluding tert-OH is 1. The Balaban J connectivity index is 2.38. The minimum atomic E-state index is -0.247. The van der Waals surface area contributed by atoms with Gasteiger partial charge in [0.25, 0.3) is 5.91 Å². The summed E-state index contributed by atoms with van der Waals surface area (Å²) in [6.07, 6.45) is 1.64. The number of azide groups is 1. The van der Waals surface area contributed by atoms with E-state index in [1.807, 2.05) is 0 Å². The Bertz CT molecular complexity index is 555. The van der Waals surface area contributed by atoms with Crippen LogP contribution in [-0.2, 0) is 0 Å². The molecule has 0 saturated carbocycles. The molecule has 0 bridgehead atoms. The summed E-state index contributed by atoms with van der Waals surface area (Å²) in [5, 5.41) is 12.8. The molecule has 0 aromatic heterocycles. The number of methoxy groups -OCH3 is 1. The number of hydrogen-bond acceptors (Lipinski definition) is 4. The van der Waals surface area contributed by atoms with Gasteiger partial charge in [-0.05, 0) is 36.6 Å². The molecular formula is C13H16N4O3. The Morgan fingerprint density at radius 3 is 3.10 bits per heavy atom. The van der Waals surface area contributed by atoms with Gasteiger partial charge in [-0.1, -0.05) is 5.11 Å². The average Bonchev–Trinajstić information content (AvgIpc) is 2.95. The normalized spacial score (nSPS) is 17.7. The number of carbonyl (C=O) groups is 1. The molecule has 2 rings (SSSR count). The van der Waals surface area contributed by atoms with E-state index in [0.717, 1.165) is 12.8 Å². The highest BCUT2D eigenvalue weighted by Gasteiger charge is 2.30. The van der Waals surface area contributed by atoms with Crippen molar-refractivity contribution in [1.82, 2.24) is 4.90 Å². The number of ether oxygens (including phenoxy) is 1. The van der Waals surface area contributed by atoms with Crippen molar-refractivity contribution < 1.29 is 14.6 Å². The Hall–Kier alpha value is -2.24. The van der Waals surface area contributed by atoms with Gasteiger partial charge in [-0.2, -0.15) is 0 Å². The molecule has 0 aliphatic carbocycles. The first-order chi connectivity index (χ1) is 9.71. The van der Waals surface area contributed by atoms with Crippen molar-refractivity contribution in [2.45, 2.75) is 18.9 Å². The van der Waals surface area contributed by atoms with Crippen LogP contribution in [0, 0.1) is 0 Å². The third-order valence-electron chi connectivity index (χ3n) is 3.44. The highest BCUT2D eigenvalue weighted by Crippen LogP contribution is 2.28. The molecule has 1 aliphatic heterocycles. The second kappa shape index (κ2) is 6.27. The second-order valence-electron chi connectivity index (χ2n) is 4.55. The molecule has 0 radical (unpaired) electrons. The largest absolute Gasteiger partial charge is 0.497 e. The SMILES string of the molecule is COc1ccc(N=[N+]=[N-])c(C(=O)N2CCC[C@H]2CO)c1. The van der Waals surface area contributed by atoms with Crippen LogP contribution in [0.25, 0.3) is 10.4 Å². The van der Waals surface area contributed by atoms with Gasteiger partial charge in [0.05, 0.1) is 31.0 Å². The number of aliphatic hydroxyl groups is 1. The van der Waals surface area contributed by atoms with E-state index < -0.39 is 0 Å². The molecule has 1 aliphatic rings. The first-order valence-electron chi connectivity index (χ1n) is 6.36. The number of amides is 1. The zero-order valence-corrected chi connectivity index (χ0v) is 11.2. The summed E-state index contributed by atoms with van der Waals surface area (Å²) >= 11 is 0. The quantitative estimate of drug-likeness (QED) is 0.518. The molecule has 1 amide bonds. The van der Waals surface area contributed by atoms with Crippen LogP contribution >= 0.6 is 0 Å². The number of rotatable bonds is 4. The van der Waals surface area contributed by atoms with E-state index in [9.17, 15) is 9.90 Å². The highest BCUT2D eigenvalue weighted by molar-refractivity contribution is 5.99. The molecule has 0 spiro atoms. The molecule has 1 atom stereocenters. The monoisotopic (exact) mass is 276 g/mol. The molecule has 1 N–H and O–H groups in total. The zero-order valence-electron chi connectivity index (χ0n) is 11.2. The van der Waals surface area contributed by atoms with Crippen molar-refractivity contribution in [2.24, 2.45) is 5.11 Å². The summed E-state index contributed by atoms with van der Waals surface area (Å²) < 4.78 is 5.10. The van der Waals surface area contributed by atoms with Crippen molar-refractivity contribution in [3.8, 4) is 5.75 Å². The summed E-state index contributed by atoms with van der Waals surface area (Å²) in [6.45, 7) is 0.531. The highest BCUT2D eigenvalue weighted by atomic mass is 16.5. The summed E-state index contributed by atoms with van der Waals surface area (Å²) in [4.78, 5) is 16.9. The molecule has 1 fully saturated rings.